The molecule has 0 aliphatic carbocycles. The minimum atomic E-state index is -0.465. The number of halogens is 1. The van der Waals surface area contributed by atoms with Crippen molar-refractivity contribution in [2.24, 2.45) is 0 Å². The number of nitrogens with zero attached hydrogens (tertiary/aromatic N) is 2. The van der Waals surface area contributed by atoms with Gasteiger partial charge in [0.05, 0.1) is 37.4 Å². The molecule has 0 aliphatic rings. The largest absolute Gasteiger partial charge is 0.493 e. The molecule has 3 aromatic carbocycles. The summed E-state index contributed by atoms with van der Waals surface area (Å²) < 4.78 is 13.5. The van der Waals surface area contributed by atoms with Gasteiger partial charge in [-0.15, -0.1) is 0 Å². The van der Waals surface area contributed by atoms with Gasteiger partial charge in [-0.25, -0.2) is 9.36 Å². The number of fused-ring (bicyclic) bond motifs is 1. The lowest BCUT2D eigenvalue weighted by atomic mass is 10.1. The van der Waals surface area contributed by atoms with E-state index in [1.807, 2.05) is 31.2 Å². The van der Waals surface area contributed by atoms with E-state index in [4.69, 9.17) is 21.1 Å². The van der Waals surface area contributed by atoms with Crippen LogP contribution in [0.3, 0.4) is 0 Å². The first-order chi connectivity index (χ1) is 14.9. The van der Waals surface area contributed by atoms with Crippen LogP contribution >= 0.6 is 11.6 Å². The molecule has 1 heterocycles. The summed E-state index contributed by atoms with van der Waals surface area (Å²) in [7, 11) is 3.01. The molecule has 158 valence electrons. The van der Waals surface area contributed by atoms with Crippen molar-refractivity contribution in [2.45, 2.75) is 13.5 Å². The molecule has 4 rings (SSSR count). The van der Waals surface area contributed by atoms with E-state index in [9.17, 15) is 9.59 Å². The van der Waals surface area contributed by atoms with Gasteiger partial charge < -0.3 is 9.47 Å². The summed E-state index contributed by atoms with van der Waals surface area (Å²) in [6.45, 7) is 2.29. The fourth-order valence-corrected chi connectivity index (χ4v) is 3.75. The number of hydrogen-bond donors (Lipinski definition) is 0. The molecule has 7 heteroatoms. The lowest BCUT2D eigenvalue weighted by Crippen LogP contribution is -2.39. The Bertz CT molecular complexity index is 1390. The normalized spacial score (nSPS) is 11.0. The van der Waals surface area contributed by atoms with Gasteiger partial charge in [0.15, 0.2) is 11.5 Å². The molecule has 0 radical (unpaired) electrons. The van der Waals surface area contributed by atoms with Gasteiger partial charge in [-0.1, -0.05) is 47.5 Å². The zero-order chi connectivity index (χ0) is 22.1. The van der Waals surface area contributed by atoms with Crippen LogP contribution in [0.15, 0.2) is 70.3 Å². The zero-order valence-corrected chi connectivity index (χ0v) is 18.1. The molecule has 4 aromatic rings. The van der Waals surface area contributed by atoms with Crippen LogP contribution in [-0.2, 0) is 6.54 Å². The molecule has 0 spiro atoms. The Hall–Kier alpha value is -3.51. The van der Waals surface area contributed by atoms with Crippen LogP contribution < -0.4 is 20.7 Å². The van der Waals surface area contributed by atoms with E-state index >= 15 is 0 Å². The topological polar surface area (TPSA) is 62.5 Å². The number of benzene rings is 3. The van der Waals surface area contributed by atoms with Gasteiger partial charge in [-0.2, -0.15) is 0 Å². The average Bonchev–Trinajstić information content (AvgIpc) is 2.77. The van der Waals surface area contributed by atoms with E-state index in [1.165, 1.54) is 14.2 Å². The van der Waals surface area contributed by atoms with Crippen molar-refractivity contribution < 1.29 is 9.47 Å². The summed E-state index contributed by atoms with van der Waals surface area (Å²) in [5, 5.41) is 0.769. The van der Waals surface area contributed by atoms with Gasteiger partial charge in [-0.3, -0.25) is 9.36 Å². The van der Waals surface area contributed by atoms with Crippen molar-refractivity contribution in [1.82, 2.24) is 9.13 Å². The van der Waals surface area contributed by atoms with Crippen LogP contribution in [0, 0.1) is 6.92 Å². The van der Waals surface area contributed by atoms with Crippen LogP contribution in [0.5, 0.6) is 11.5 Å². The van der Waals surface area contributed by atoms with E-state index < -0.39 is 11.2 Å². The van der Waals surface area contributed by atoms with Crippen molar-refractivity contribution in [2.75, 3.05) is 14.2 Å². The zero-order valence-electron chi connectivity index (χ0n) is 17.4. The van der Waals surface area contributed by atoms with Gasteiger partial charge in [0, 0.05) is 11.1 Å². The molecule has 0 saturated carbocycles. The molecule has 0 atom stereocenters. The summed E-state index contributed by atoms with van der Waals surface area (Å²) >= 11 is 6.13. The molecule has 0 unspecified atom stereocenters. The second-order valence-electron chi connectivity index (χ2n) is 7.20. The minimum Gasteiger partial charge on any atom is -0.493 e. The maximum atomic E-state index is 13.6. The number of hydrogen-bond acceptors (Lipinski definition) is 4. The van der Waals surface area contributed by atoms with Crippen LogP contribution in [0.25, 0.3) is 16.6 Å². The number of aromatic nitrogens is 2. The summed E-state index contributed by atoms with van der Waals surface area (Å²) in [5.41, 5.74) is 2.00. The molecule has 31 heavy (non-hydrogen) atoms. The van der Waals surface area contributed by atoms with Crippen LogP contribution in [0.4, 0.5) is 0 Å². The Morgan fingerprint density at radius 3 is 2.23 bits per heavy atom. The second-order valence-corrected chi connectivity index (χ2v) is 7.64. The predicted octanol–water partition coefficient (Wildman–Crippen LogP) is 4.18. The van der Waals surface area contributed by atoms with E-state index in [0.717, 1.165) is 15.7 Å². The standard InChI is InChI=1S/C24H21ClN2O4/c1-15-7-9-16(10-8-15)14-26-20-13-22(31-3)21(30-2)12-19(20)23(28)27(24(26)29)18-6-4-5-17(25)11-18/h4-13H,14H2,1-3H3. The van der Waals surface area contributed by atoms with Gasteiger partial charge in [0.25, 0.3) is 5.56 Å². The van der Waals surface area contributed by atoms with E-state index in [0.29, 0.717) is 33.1 Å². The minimum absolute atomic E-state index is 0.284. The Labute approximate surface area is 183 Å². The molecular weight excluding hydrogens is 416 g/mol. The Kier molecular flexibility index (Phi) is 5.57. The summed E-state index contributed by atoms with van der Waals surface area (Å²) in [5.74, 6) is 0.845. The van der Waals surface area contributed by atoms with Crippen LogP contribution in [0.2, 0.25) is 5.02 Å². The van der Waals surface area contributed by atoms with Crippen molar-refractivity contribution in [3.05, 3.63) is 97.7 Å². The summed E-state index contributed by atoms with van der Waals surface area (Å²) in [4.78, 5) is 26.9. The van der Waals surface area contributed by atoms with Gasteiger partial charge in [-0.05, 0) is 36.8 Å². The predicted molar refractivity (Wildman–Crippen MR) is 122 cm³/mol. The van der Waals surface area contributed by atoms with Crippen molar-refractivity contribution >= 4 is 22.5 Å². The molecule has 0 N–H and O–H groups in total. The van der Waals surface area contributed by atoms with Crippen LogP contribution in [-0.4, -0.2) is 23.4 Å². The second kappa shape index (κ2) is 8.32. The lowest BCUT2D eigenvalue weighted by molar-refractivity contribution is 0.355. The number of rotatable bonds is 5. The van der Waals surface area contributed by atoms with Crippen molar-refractivity contribution in [1.29, 1.82) is 0 Å². The molecule has 0 bridgehead atoms. The third-order valence-corrected chi connectivity index (χ3v) is 5.41. The van der Waals surface area contributed by atoms with Gasteiger partial charge in [0.2, 0.25) is 0 Å². The molecular formula is C24H21ClN2O4. The maximum Gasteiger partial charge on any atom is 0.336 e. The molecule has 1 aromatic heterocycles. The average molecular weight is 437 g/mol. The van der Waals surface area contributed by atoms with E-state index in [2.05, 4.69) is 0 Å². The molecule has 6 nitrogen and oxygen atoms in total. The summed E-state index contributed by atoms with van der Waals surface area (Å²) in [6, 6.07) is 17.8. The first kappa shape index (κ1) is 20.8. The number of aryl methyl sites for hydroxylation is 1. The number of ether oxygens (including phenoxy) is 2. The lowest BCUT2D eigenvalue weighted by Gasteiger charge is -2.17. The molecule has 0 saturated heterocycles. The first-order valence-electron chi connectivity index (χ1n) is 9.66. The number of methoxy groups -OCH3 is 2. The highest BCUT2D eigenvalue weighted by Gasteiger charge is 2.18. The summed E-state index contributed by atoms with van der Waals surface area (Å²) in [6.07, 6.45) is 0. The molecule has 0 aliphatic heterocycles. The quantitative estimate of drug-likeness (QED) is 0.471. The smallest absolute Gasteiger partial charge is 0.336 e. The van der Waals surface area contributed by atoms with E-state index in [1.54, 1.807) is 41.0 Å². The van der Waals surface area contributed by atoms with Crippen molar-refractivity contribution in [3.8, 4) is 17.2 Å². The highest BCUT2D eigenvalue weighted by Crippen LogP contribution is 2.31. The van der Waals surface area contributed by atoms with Crippen LogP contribution in [0.1, 0.15) is 11.1 Å². The maximum absolute atomic E-state index is 13.6. The van der Waals surface area contributed by atoms with E-state index in [-0.39, 0.29) is 6.54 Å². The fourth-order valence-electron chi connectivity index (χ4n) is 3.57. The van der Waals surface area contributed by atoms with Crippen molar-refractivity contribution in [3.63, 3.8) is 0 Å². The Morgan fingerprint density at radius 2 is 1.58 bits per heavy atom. The monoisotopic (exact) mass is 436 g/mol. The van der Waals surface area contributed by atoms with Gasteiger partial charge >= 0.3 is 5.69 Å². The highest BCUT2D eigenvalue weighted by atomic mass is 35.5. The molecule has 0 amide bonds. The Morgan fingerprint density at radius 1 is 0.903 bits per heavy atom. The molecule has 0 fully saturated rings. The Balaban J connectivity index is 2.08. The third kappa shape index (κ3) is 3.82. The highest BCUT2D eigenvalue weighted by molar-refractivity contribution is 6.30. The SMILES string of the molecule is COc1cc2c(=O)n(-c3cccc(Cl)c3)c(=O)n(Cc3ccc(C)cc3)c2cc1OC. The third-order valence-electron chi connectivity index (χ3n) is 5.18. The fraction of sp³-hybridized carbons (Fsp3) is 0.167. The first-order valence-corrected chi connectivity index (χ1v) is 10.0. The van der Waals surface area contributed by atoms with Gasteiger partial charge in [0.1, 0.15) is 0 Å².